The van der Waals surface area contributed by atoms with Gasteiger partial charge in [0.25, 0.3) is 0 Å². The Hall–Kier alpha value is -1.59. The lowest BCUT2D eigenvalue weighted by Gasteiger charge is -2.18. The third-order valence-corrected chi connectivity index (χ3v) is 3.66. The first-order chi connectivity index (χ1) is 10.2. The molecular formula is C15H30N6. The van der Waals surface area contributed by atoms with Gasteiger partial charge in [0.2, 0.25) is 0 Å². The molecule has 0 bridgehead atoms. The van der Waals surface area contributed by atoms with Crippen LogP contribution in [0.5, 0.6) is 0 Å². The lowest BCUT2D eigenvalue weighted by molar-refractivity contribution is 0.423. The Morgan fingerprint density at radius 1 is 1.29 bits per heavy atom. The zero-order chi connectivity index (χ0) is 15.5. The Labute approximate surface area is 128 Å². The van der Waals surface area contributed by atoms with Gasteiger partial charge in [-0.05, 0) is 18.8 Å². The van der Waals surface area contributed by atoms with Crippen LogP contribution in [0.25, 0.3) is 0 Å². The maximum absolute atomic E-state index is 4.27. The Morgan fingerprint density at radius 3 is 2.67 bits per heavy atom. The van der Waals surface area contributed by atoms with Gasteiger partial charge >= 0.3 is 0 Å². The summed E-state index contributed by atoms with van der Waals surface area (Å²) in [7, 11) is 3.69. The van der Waals surface area contributed by atoms with Gasteiger partial charge in [0.15, 0.2) is 5.96 Å². The van der Waals surface area contributed by atoms with Gasteiger partial charge in [0.05, 0.1) is 6.54 Å². The molecule has 2 N–H and O–H groups in total. The van der Waals surface area contributed by atoms with Gasteiger partial charge in [0, 0.05) is 20.6 Å². The van der Waals surface area contributed by atoms with Gasteiger partial charge in [-0.25, -0.2) is 4.98 Å². The van der Waals surface area contributed by atoms with Gasteiger partial charge in [-0.3, -0.25) is 9.67 Å². The standard InChI is InChI=1S/C15H30N6/c1-5-7-9-13(8-6-2)10-17-15(16-3)18-11-14-19-12-20-21(14)4/h12-13H,5-11H2,1-4H3,(H2,16,17,18). The molecule has 21 heavy (non-hydrogen) atoms. The lowest BCUT2D eigenvalue weighted by Crippen LogP contribution is -2.39. The minimum absolute atomic E-state index is 0.629. The van der Waals surface area contributed by atoms with Crippen LogP contribution in [0.1, 0.15) is 51.8 Å². The molecule has 1 aromatic rings. The molecule has 6 nitrogen and oxygen atoms in total. The van der Waals surface area contributed by atoms with Crippen molar-refractivity contribution in [3.05, 3.63) is 12.2 Å². The van der Waals surface area contributed by atoms with Crippen molar-refractivity contribution >= 4 is 5.96 Å². The number of hydrogen-bond donors (Lipinski definition) is 2. The maximum atomic E-state index is 4.27. The second kappa shape index (κ2) is 10.2. The molecule has 1 heterocycles. The molecule has 1 atom stereocenters. The number of unbranched alkanes of at least 4 members (excludes halogenated alkanes) is 1. The Kier molecular flexibility index (Phi) is 8.47. The van der Waals surface area contributed by atoms with Crippen LogP contribution in [0.3, 0.4) is 0 Å². The van der Waals surface area contributed by atoms with Crippen LogP contribution in [-0.4, -0.2) is 34.3 Å². The molecule has 0 spiro atoms. The Balaban J connectivity index is 2.37. The van der Waals surface area contributed by atoms with Crippen LogP contribution in [0.15, 0.2) is 11.3 Å². The molecule has 0 aromatic carbocycles. The number of aliphatic imine (C=N–C) groups is 1. The summed E-state index contributed by atoms with van der Waals surface area (Å²) in [5.41, 5.74) is 0. The number of nitrogens with one attached hydrogen (secondary N) is 2. The molecule has 0 aliphatic heterocycles. The first-order valence-electron chi connectivity index (χ1n) is 7.98. The molecule has 1 aromatic heterocycles. The molecule has 0 fully saturated rings. The van der Waals surface area contributed by atoms with Crippen molar-refractivity contribution in [2.45, 2.75) is 52.5 Å². The van der Waals surface area contributed by atoms with Gasteiger partial charge < -0.3 is 10.6 Å². The van der Waals surface area contributed by atoms with Crippen molar-refractivity contribution in [1.82, 2.24) is 25.4 Å². The minimum Gasteiger partial charge on any atom is -0.356 e. The molecule has 6 heteroatoms. The van der Waals surface area contributed by atoms with Crippen molar-refractivity contribution in [2.24, 2.45) is 18.0 Å². The number of aromatic nitrogens is 3. The van der Waals surface area contributed by atoms with Crippen molar-refractivity contribution in [2.75, 3.05) is 13.6 Å². The maximum Gasteiger partial charge on any atom is 0.191 e. The van der Waals surface area contributed by atoms with Crippen molar-refractivity contribution < 1.29 is 0 Å². The fraction of sp³-hybridized carbons (Fsp3) is 0.800. The first-order valence-corrected chi connectivity index (χ1v) is 7.98. The number of nitrogens with zero attached hydrogens (tertiary/aromatic N) is 4. The third kappa shape index (κ3) is 6.60. The van der Waals surface area contributed by atoms with E-state index in [4.69, 9.17) is 0 Å². The zero-order valence-electron chi connectivity index (χ0n) is 13.9. The topological polar surface area (TPSA) is 67.1 Å². The summed E-state index contributed by atoms with van der Waals surface area (Å²) >= 11 is 0. The fourth-order valence-electron chi connectivity index (χ4n) is 2.35. The molecule has 0 amide bonds. The van der Waals surface area contributed by atoms with E-state index in [2.05, 4.69) is 39.6 Å². The van der Waals surface area contributed by atoms with E-state index in [0.29, 0.717) is 6.54 Å². The van der Waals surface area contributed by atoms with E-state index in [1.54, 1.807) is 18.1 Å². The van der Waals surface area contributed by atoms with Crippen LogP contribution in [0.4, 0.5) is 0 Å². The fourth-order valence-corrected chi connectivity index (χ4v) is 2.35. The second-order valence-electron chi connectivity index (χ2n) is 5.40. The van der Waals surface area contributed by atoms with E-state index in [-0.39, 0.29) is 0 Å². The molecule has 0 saturated carbocycles. The molecule has 0 aliphatic carbocycles. The average Bonchev–Trinajstić information content (AvgIpc) is 2.90. The zero-order valence-corrected chi connectivity index (χ0v) is 13.9. The average molecular weight is 294 g/mol. The van der Waals surface area contributed by atoms with Crippen molar-refractivity contribution in [1.29, 1.82) is 0 Å². The Bertz CT molecular complexity index is 412. The van der Waals surface area contributed by atoms with Gasteiger partial charge in [-0.2, -0.15) is 5.10 Å². The van der Waals surface area contributed by atoms with Crippen LogP contribution < -0.4 is 10.6 Å². The predicted molar refractivity (Wildman–Crippen MR) is 87.1 cm³/mol. The quantitative estimate of drug-likeness (QED) is 0.540. The smallest absolute Gasteiger partial charge is 0.191 e. The summed E-state index contributed by atoms with van der Waals surface area (Å²) in [6.45, 7) is 6.10. The van der Waals surface area contributed by atoms with E-state index >= 15 is 0 Å². The monoisotopic (exact) mass is 294 g/mol. The lowest BCUT2D eigenvalue weighted by atomic mass is 9.97. The Morgan fingerprint density at radius 2 is 2.10 bits per heavy atom. The van der Waals surface area contributed by atoms with E-state index < -0.39 is 0 Å². The minimum atomic E-state index is 0.629. The van der Waals surface area contributed by atoms with Crippen LogP contribution in [0, 0.1) is 5.92 Å². The van der Waals surface area contributed by atoms with E-state index in [1.807, 2.05) is 7.05 Å². The number of hydrogen-bond acceptors (Lipinski definition) is 3. The summed E-state index contributed by atoms with van der Waals surface area (Å²) in [6.07, 6.45) is 7.93. The predicted octanol–water partition coefficient (Wildman–Crippen LogP) is 2.09. The van der Waals surface area contributed by atoms with Crippen LogP contribution in [-0.2, 0) is 13.6 Å². The summed E-state index contributed by atoms with van der Waals surface area (Å²) in [5, 5.41) is 10.8. The molecule has 1 rings (SSSR count). The SMILES string of the molecule is CCCCC(CCC)CNC(=NC)NCc1ncnn1C. The van der Waals surface area contributed by atoms with Crippen LogP contribution >= 0.6 is 0 Å². The highest BCUT2D eigenvalue weighted by Crippen LogP contribution is 2.13. The van der Waals surface area contributed by atoms with Gasteiger partial charge in [0.1, 0.15) is 12.2 Å². The number of aryl methyl sites for hydroxylation is 1. The van der Waals surface area contributed by atoms with Crippen molar-refractivity contribution in [3.8, 4) is 0 Å². The van der Waals surface area contributed by atoms with Crippen molar-refractivity contribution in [3.63, 3.8) is 0 Å². The number of rotatable bonds is 9. The normalized spacial score (nSPS) is 13.2. The van der Waals surface area contributed by atoms with E-state index in [0.717, 1.165) is 24.2 Å². The van der Waals surface area contributed by atoms with E-state index in [1.165, 1.54) is 32.1 Å². The highest BCUT2D eigenvalue weighted by Gasteiger charge is 2.09. The molecule has 120 valence electrons. The summed E-state index contributed by atoms with van der Waals surface area (Å²) in [4.78, 5) is 8.46. The molecule has 0 saturated heterocycles. The second-order valence-corrected chi connectivity index (χ2v) is 5.40. The third-order valence-electron chi connectivity index (χ3n) is 3.66. The highest BCUT2D eigenvalue weighted by molar-refractivity contribution is 5.79. The highest BCUT2D eigenvalue weighted by atomic mass is 15.3. The molecule has 0 aliphatic rings. The molecular weight excluding hydrogens is 264 g/mol. The number of guanidine groups is 1. The van der Waals surface area contributed by atoms with Crippen LogP contribution in [0.2, 0.25) is 0 Å². The first kappa shape index (κ1) is 17.5. The summed E-state index contributed by atoms with van der Waals surface area (Å²) in [5.74, 6) is 2.45. The summed E-state index contributed by atoms with van der Waals surface area (Å²) in [6, 6.07) is 0. The van der Waals surface area contributed by atoms with Gasteiger partial charge in [-0.15, -0.1) is 0 Å². The summed E-state index contributed by atoms with van der Waals surface area (Å²) < 4.78 is 1.77. The van der Waals surface area contributed by atoms with Gasteiger partial charge in [-0.1, -0.05) is 33.1 Å². The molecule has 1 unspecified atom stereocenters. The largest absolute Gasteiger partial charge is 0.356 e. The van der Waals surface area contributed by atoms with E-state index in [9.17, 15) is 0 Å². The molecule has 0 radical (unpaired) electrons.